The number of nitro groups is 1. The summed E-state index contributed by atoms with van der Waals surface area (Å²) in [5, 5.41) is 13.1. The van der Waals surface area contributed by atoms with Crippen LogP contribution in [0, 0.1) is 17.0 Å². The first-order valence-corrected chi connectivity index (χ1v) is 12.8. The van der Waals surface area contributed by atoms with Gasteiger partial charge in [0.1, 0.15) is 12.4 Å². The molecule has 0 spiro atoms. The number of amides is 3. The summed E-state index contributed by atoms with van der Waals surface area (Å²) in [6, 6.07) is 17.9. The monoisotopic (exact) mass is 563 g/mol. The van der Waals surface area contributed by atoms with E-state index in [9.17, 15) is 24.5 Å². The lowest BCUT2D eigenvalue weighted by Gasteiger charge is -2.13. The van der Waals surface area contributed by atoms with Crippen molar-refractivity contribution in [1.29, 1.82) is 0 Å². The molecule has 40 heavy (non-hydrogen) atoms. The van der Waals surface area contributed by atoms with Crippen molar-refractivity contribution in [2.75, 3.05) is 32.2 Å². The van der Waals surface area contributed by atoms with Crippen LogP contribution in [0.4, 0.5) is 16.2 Å². The van der Waals surface area contributed by atoms with Crippen LogP contribution in [0.3, 0.4) is 0 Å². The molecule has 1 N–H and O–H groups in total. The highest BCUT2D eigenvalue weighted by Gasteiger charge is 2.34. The third kappa shape index (κ3) is 7.17. The van der Waals surface area contributed by atoms with Crippen molar-refractivity contribution in [3.8, 4) is 17.2 Å². The molecule has 0 unspecified atom stereocenters. The van der Waals surface area contributed by atoms with E-state index in [1.165, 1.54) is 31.4 Å². The van der Waals surface area contributed by atoms with Gasteiger partial charge in [-0.1, -0.05) is 24.3 Å². The summed E-state index contributed by atoms with van der Waals surface area (Å²) in [6.07, 6.45) is 1.58. The summed E-state index contributed by atoms with van der Waals surface area (Å²) in [7, 11) is 1.43. The Bertz CT molecular complexity index is 1490. The zero-order chi connectivity index (χ0) is 28.6. The second-order valence-corrected chi connectivity index (χ2v) is 9.55. The minimum absolute atomic E-state index is 0.116. The molecular formula is C28H25N3O8S. The number of benzene rings is 3. The van der Waals surface area contributed by atoms with Crippen molar-refractivity contribution in [2.45, 2.75) is 6.92 Å². The fraction of sp³-hybridized carbons (Fsp3) is 0.179. The third-order valence-electron chi connectivity index (χ3n) is 5.63. The molecule has 1 aliphatic heterocycles. The predicted molar refractivity (Wildman–Crippen MR) is 150 cm³/mol. The molecule has 1 fully saturated rings. The number of rotatable bonds is 11. The highest BCUT2D eigenvalue weighted by Crippen LogP contribution is 2.34. The van der Waals surface area contributed by atoms with Crippen molar-refractivity contribution in [1.82, 2.24) is 4.90 Å². The largest absolute Gasteiger partial charge is 0.493 e. The maximum Gasteiger partial charge on any atom is 0.293 e. The van der Waals surface area contributed by atoms with E-state index in [1.54, 1.807) is 24.3 Å². The zero-order valence-corrected chi connectivity index (χ0v) is 22.4. The number of nitrogens with one attached hydrogen (secondary N) is 1. The SMILES string of the molecule is COc1cc(/C=C2\SC(=O)N(CCOc3cccc(C)c3)C2=O)ccc1OCC(=O)Nc1cccc([N+](=O)[O-])c1. The topological polar surface area (TPSA) is 137 Å². The molecule has 1 saturated heterocycles. The molecule has 0 aromatic heterocycles. The van der Waals surface area contributed by atoms with Gasteiger partial charge in [0.2, 0.25) is 0 Å². The minimum atomic E-state index is -0.555. The number of nitrogens with zero attached hydrogens (tertiary/aromatic N) is 2. The number of methoxy groups -OCH3 is 1. The van der Waals surface area contributed by atoms with Gasteiger partial charge in [-0.05, 0) is 66.2 Å². The van der Waals surface area contributed by atoms with E-state index in [4.69, 9.17) is 14.2 Å². The first-order valence-electron chi connectivity index (χ1n) is 12.0. The molecule has 4 rings (SSSR count). The Balaban J connectivity index is 1.35. The molecule has 1 aliphatic rings. The third-order valence-corrected chi connectivity index (χ3v) is 6.54. The Hall–Kier alpha value is -4.84. The average Bonchev–Trinajstić information content (AvgIpc) is 3.19. The Labute approximate surface area is 233 Å². The van der Waals surface area contributed by atoms with Crippen LogP contribution < -0.4 is 19.5 Å². The molecule has 12 heteroatoms. The Morgan fingerprint density at radius 2 is 1.85 bits per heavy atom. The quantitative estimate of drug-likeness (QED) is 0.193. The molecule has 0 aliphatic carbocycles. The fourth-order valence-electron chi connectivity index (χ4n) is 3.73. The molecule has 0 radical (unpaired) electrons. The Morgan fingerprint density at radius 3 is 2.60 bits per heavy atom. The van der Waals surface area contributed by atoms with Gasteiger partial charge < -0.3 is 19.5 Å². The number of hydrogen-bond acceptors (Lipinski definition) is 9. The molecule has 0 bridgehead atoms. The summed E-state index contributed by atoms with van der Waals surface area (Å²) < 4.78 is 16.6. The van der Waals surface area contributed by atoms with Crippen LogP contribution in [-0.4, -0.2) is 53.7 Å². The second kappa shape index (κ2) is 12.8. The molecule has 3 amide bonds. The van der Waals surface area contributed by atoms with Crippen molar-refractivity contribution in [3.05, 3.63) is 92.9 Å². The number of nitro benzene ring substituents is 1. The van der Waals surface area contributed by atoms with Crippen molar-refractivity contribution in [3.63, 3.8) is 0 Å². The van der Waals surface area contributed by atoms with E-state index in [0.717, 1.165) is 22.2 Å². The smallest absolute Gasteiger partial charge is 0.293 e. The minimum Gasteiger partial charge on any atom is -0.493 e. The number of thioether (sulfide) groups is 1. The van der Waals surface area contributed by atoms with Crippen molar-refractivity contribution < 1.29 is 33.5 Å². The van der Waals surface area contributed by atoms with Gasteiger partial charge >= 0.3 is 0 Å². The molecule has 206 valence electrons. The average molecular weight is 564 g/mol. The van der Waals surface area contributed by atoms with E-state index >= 15 is 0 Å². The zero-order valence-electron chi connectivity index (χ0n) is 21.6. The number of carbonyl (C=O) groups excluding carboxylic acids is 3. The van der Waals surface area contributed by atoms with Gasteiger partial charge in [0.05, 0.1) is 23.5 Å². The number of imide groups is 1. The highest BCUT2D eigenvalue weighted by atomic mass is 32.2. The van der Waals surface area contributed by atoms with E-state index in [2.05, 4.69) is 5.32 Å². The maximum absolute atomic E-state index is 12.8. The van der Waals surface area contributed by atoms with Crippen LogP contribution in [-0.2, 0) is 9.59 Å². The first-order chi connectivity index (χ1) is 19.2. The molecule has 3 aromatic rings. The van der Waals surface area contributed by atoms with Crippen LogP contribution in [0.5, 0.6) is 17.2 Å². The number of aryl methyl sites for hydroxylation is 1. The lowest BCUT2D eigenvalue weighted by atomic mass is 10.2. The second-order valence-electron chi connectivity index (χ2n) is 8.55. The van der Waals surface area contributed by atoms with Gasteiger partial charge in [-0.15, -0.1) is 0 Å². The normalized spacial score (nSPS) is 13.8. The Morgan fingerprint density at radius 1 is 1.05 bits per heavy atom. The van der Waals surface area contributed by atoms with Gasteiger partial charge in [0.15, 0.2) is 18.1 Å². The number of ether oxygens (including phenoxy) is 3. The van der Waals surface area contributed by atoms with E-state index in [1.807, 2.05) is 31.2 Å². The number of anilines is 1. The molecule has 3 aromatic carbocycles. The predicted octanol–water partition coefficient (Wildman–Crippen LogP) is 5.04. The maximum atomic E-state index is 12.8. The number of carbonyl (C=O) groups is 3. The summed E-state index contributed by atoms with van der Waals surface area (Å²) in [6.45, 7) is 1.86. The first kappa shape index (κ1) is 28.2. The van der Waals surface area contributed by atoms with Gasteiger partial charge in [0.25, 0.3) is 22.7 Å². The van der Waals surface area contributed by atoms with E-state index in [-0.39, 0.29) is 47.0 Å². The van der Waals surface area contributed by atoms with Gasteiger partial charge in [-0.25, -0.2) is 0 Å². The van der Waals surface area contributed by atoms with Gasteiger partial charge in [-0.2, -0.15) is 0 Å². The summed E-state index contributed by atoms with van der Waals surface area (Å²) in [5.41, 5.74) is 1.75. The standard InChI is InChI=1S/C28H25N3O8S/c1-18-5-3-8-22(13-18)38-12-11-30-27(33)25(40-28(30)34)15-19-9-10-23(24(14-19)37-2)39-17-26(32)29-20-6-4-7-21(16-20)31(35)36/h3-10,13-16H,11-12,17H2,1-2H3,(H,29,32)/b25-15-. The van der Waals surface area contributed by atoms with E-state index < -0.39 is 16.7 Å². The van der Waals surface area contributed by atoms with Crippen LogP contribution in [0.15, 0.2) is 71.6 Å². The summed E-state index contributed by atoms with van der Waals surface area (Å²) in [4.78, 5) is 49.3. The lowest BCUT2D eigenvalue weighted by molar-refractivity contribution is -0.384. The van der Waals surface area contributed by atoms with E-state index in [0.29, 0.717) is 17.1 Å². The summed E-state index contributed by atoms with van der Waals surface area (Å²) in [5.74, 6) is 0.308. The van der Waals surface area contributed by atoms with Crippen molar-refractivity contribution >= 4 is 46.3 Å². The summed E-state index contributed by atoms with van der Waals surface area (Å²) >= 11 is 0.837. The Kier molecular flexibility index (Phi) is 9.02. The molecule has 0 saturated carbocycles. The van der Waals surface area contributed by atoms with Crippen molar-refractivity contribution in [2.24, 2.45) is 0 Å². The van der Waals surface area contributed by atoms with Gasteiger partial charge in [-0.3, -0.25) is 29.4 Å². The van der Waals surface area contributed by atoms with Gasteiger partial charge in [0, 0.05) is 17.8 Å². The number of non-ortho nitro benzene ring substituents is 1. The molecule has 1 heterocycles. The van der Waals surface area contributed by atoms with Crippen LogP contribution in [0.1, 0.15) is 11.1 Å². The molecular weight excluding hydrogens is 538 g/mol. The fourth-order valence-corrected chi connectivity index (χ4v) is 4.60. The molecule has 11 nitrogen and oxygen atoms in total. The number of hydrogen-bond donors (Lipinski definition) is 1. The molecule has 0 atom stereocenters. The van der Waals surface area contributed by atoms with Crippen LogP contribution in [0.25, 0.3) is 6.08 Å². The van der Waals surface area contributed by atoms with Crippen LogP contribution >= 0.6 is 11.8 Å². The van der Waals surface area contributed by atoms with Crippen LogP contribution in [0.2, 0.25) is 0 Å². The lowest BCUT2D eigenvalue weighted by Crippen LogP contribution is -2.32. The highest BCUT2D eigenvalue weighted by molar-refractivity contribution is 8.18.